The van der Waals surface area contributed by atoms with Crippen molar-refractivity contribution in [2.45, 2.75) is 31.4 Å². The van der Waals surface area contributed by atoms with Crippen molar-refractivity contribution >= 4 is 34.0 Å². The molecule has 2 aliphatic heterocycles. The first-order chi connectivity index (χ1) is 16.5. The predicted molar refractivity (Wildman–Crippen MR) is 134 cm³/mol. The van der Waals surface area contributed by atoms with Crippen LogP contribution in [-0.4, -0.2) is 48.2 Å². The SMILES string of the molecule is C=CC(=O)N1CC(Nc2ccc3ccnc(OC4CCOCC4)c3c2)(c2cccc(Cl)c2C)C1. The predicted octanol–water partition coefficient (Wildman–Crippen LogP) is 5.09. The number of ether oxygens (including phenoxy) is 2. The molecule has 6 nitrogen and oxygen atoms in total. The summed E-state index contributed by atoms with van der Waals surface area (Å²) >= 11 is 6.46. The molecule has 0 bridgehead atoms. The number of likely N-dealkylation sites (tertiary alicyclic amines) is 1. The lowest BCUT2D eigenvalue weighted by molar-refractivity contribution is -0.132. The van der Waals surface area contributed by atoms with Crippen molar-refractivity contribution < 1.29 is 14.3 Å². The molecule has 3 heterocycles. The molecule has 2 aromatic carbocycles. The highest BCUT2D eigenvalue weighted by Crippen LogP contribution is 2.40. The lowest BCUT2D eigenvalue weighted by Crippen LogP contribution is -2.65. The molecule has 2 fully saturated rings. The van der Waals surface area contributed by atoms with Crippen LogP contribution in [0.1, 0.15) is 24.0 Å². The number of pyridine rings is 1. The van der Waals surface area contributed by atoms with E-state index in [-0.39, 0.29) is 12.0 Å². The van der Waals surface area contributed by atoms with Gasteiger partial charge >= 0.3 is 0 Å². The van der Waals surface area contributed by atoms with Crippen molar-refractivity contribution in [1.29, 1.82) is 0 Å². The Hall–Kier alpha value is -3.09. The number of carbonyl (C=O) groups is 1. The van der Waals surface area contributed by atoms with E-state index in [9.17, 15) is 4.79 Å². The monoisotopic (exact) mass is 477 g/mol. The van der Waals surface area contributed by atoms with Gasteiger partial charge in [0.25, 0.3) is 0 Å². The average Bonchev–Trinajstić information content (AvgIpc) is 2.83. The number of nitrogens with zero attached hydrogens (tertiary/aromatic N) is 2. The standard InChI is InChI=1S/C27H28ClN3O3/c1-3-25(32)31-16-27(17-31,23-5-4-6-24(28)18(23)2)30-20-8-7-19-9-12-29-26(22(19)15-20)34-21-10-13-33-14-11-21/h3-9,12,15,21,30H,1,10-11,13-14,16-17H2,2H3. The summed E-state index contributed by atoms with van der Waals surface area (Å²) in [7, 11) is 0. The number of halogens is 1. The van der Waals surface area contributed by atoms with E-state index >= 15 is 0 Å². The number of hydrogen-bond acceptors (Lipinski definition) is 5. The van der Waals surface area contributed by atoms with Crippen LogP contribution in [0, 0.1) is 6.92 Å². The van der Waals surface area contributed by atoms with E-state index in [4.69, 9.17) is 21.1 Å². The van der Waals surface area contributed by atoms with E-state index in [0.717, 1.165) is 40.4 Å². The first-order valence-electron chi connectivity index (χ1n) is 11.6. The summed E-state index contributed by atoms with van der Waals surface area (Å²) in [6.07, 6.45) is 4.97. The molecule has 2 aliphatic rings. The number of benzene rings is 2. The number of hydrogen-bond donors (Lipinski definition) is 1. The van der Waals surface area contributed by atoms with Crippen LogP contribution < -0.4 is 10.1 Å². The molecule has 0 spiro atoms. The lowest BCUT2D eigenvalue weighted by atomic mass is 9.79. The maximum absolute atomic E-state index is 12.2. The summed E-state index contributed by atoms with van der Waals surface area (Å²) in [6, 6.07) is 14.1. The van der Waals surface area contributed by atoms with Crippen molar-refractivity contribution in [1.82, 2.24) is 9.88 Å². The minimum absolute atomic E-state index is 0.0769. The summed E-state index contributed by atoms with van der Waals surface area (Å²) in [5.41, 5.74) is 2.57. The fourth-order valence-electron chi connectivity index (χ4n) is 4.87. The molecule has 0 aliphatic carbocycles. The third-order valence-electron chi connectivity index (χ3n) is 6.75. The summed E-state index contributed by atoms with van der Waals surface area (Å²) < 4.78 is 11.7. The first-order valence-corrected chi connectivity index (χ1v) is 12.0. The zero-order valence-electron chi connectivity index (χ0n) is 19.2. The van der Waals surface area contributed by atoms with Gasteiger partial charge in [0.1, 0.15) is 6.10 Å². The number of fused-ring (bicyclic) bond motifs is 1. The smallest absolute Gasteiger partial charge is 0.246 e. The van der Waals surface area contributed by atoms with E-state index in [2.05, 4.69) is 41.1 Å². The van der Waals surface area contributed by atoms with E-state index in [1.54, 1.807) is 11.1 Å². The van der Waals surface area contributed by atoms with E-state index in [0.29, 0.717) is 37.2 Å². The fraction of sp³-hybridized carbons (Fsp3) is 0.333. The molecule has 3 aromatic rings. The number of rotatable bonds is 6. The van der Waals surface area contributed by atoms with E-state index in [1.807, 2.05) is 25.1 Å². The second-order valence-electron chi connectivity index (χ2n) is 9.00. The molecule has 0 unspecified atom stereocenters. The number of anilines is 1. The highest BCUT2D eigenvalue weighted by molar-refractivity contribution is 6.31. The molecular weight excluding hydrogens is 450 g/mol. The van der Waals surface area contributed by atoms with Gasteiger partial charge in [-0.15, -0.1) is 0 Å². The van der Waals surface area contributed by atoms with Crippen LogP contribution in [0.2, 0.25) is 5.02 Å². The van der Waals surface area contributed by atoms with E-state index in [1.165, 1.54) is 6.08 Å². The molecule has 1 aromatic heterocycles. The molecular formula is C27H28ClN3O3. The second-order valence-corrected chi connectivity index (χ2v) is 9.41. The molecule has 0 radical (unpaired) electrons. The van der Waals surface area contributed by atoms with Gasteiger partial charge in [-0.3, -0.25) is 4.79 Å². The Kier molecular flexibility index (Phi) is 6.19. The van der Waals surface area contributed by atoms with Crippen LogP contribution in [0.25, 0.3) is 10.8 Å². The van der Waals surface area contributed by atoms with Crippen molar-refractivity contribution in [3.05, 3.63) is 77.5 Å². The molecule has 2 saturated heterocycles. The van der Waals surface area contributed by atoms with E-state index < -0.39 is 5.54 Å². The quantitative estimate of drug-likeness (QED) is 0.501. The van der Waals surface area contributed by atoms with Gasteiger partial charge in [-0.1, -0.05) is 36.4 Å². The normalized spacial score (nSPS) is 17.8. The average molecular weight is 478 g/mol. The largest absolute Gasteiger partial charge is 0.474 e. The summed E-state index contributed by atoms with van der Waals surface area (Å²) in [5.74, 6) is 0.560. The van der Waals surface area contributed by atoms with Crippen LogP contribution in [0.3, 0.4) is 0 Å². The molecule has 7 heteroatoms. The number of nitrogens with one attached hydrogen (secondary N) is 1. The Morgan fingerprint density at radius 3 is 2.82 bits per heavy atom. The van der Waals surface area contributed by atoms with Crippen LogP contribution in [0.5, 0.6) is 5.88 Å². The topological polar surface area (TPSA) is 63.7 Å². The van der Waals surface area contributed by atoms with Gasteiger partial charge in [-0.2, -0.15) is 0 Å². The molecule has 176 valence electrons. The van der Waals surface area contributed by atoms with Gasteiger partial charge in [-0.05, 0) is 53.8 Å². The minimum atomic E-state index is -0.453. The molecule has 0 atom stereocenters. The van der Waals surface area contributed by atoms with Gasteiger partial charge < -0.3 is 19.7 Å². The van der Waals surface area contributed by atoms with Crippen molar-refractivity contribution in [2.75, 3.05) is 31.6 Å². The Bertz CT molecular complexity index is 1230. The van der Waals surface area contributed by atoms with Crippen molar-refractivity contribution in [3.63, 3.8) is 0 Å². The Labute approximate surface area is 204 Å². The first kappa shape index (κ1) is 22.7. The fourth-order valence-corrected chi connectivity index (χ4v) is 5.05. The van der Waals surface area contributed by atoms with Gasteiger partial charge in [-0.25, -0.2) is 4.98 Å². The summed E-state index contributed by atoms with van der Waals surface area (Å²) in [4.78, 5) is 18.6. The summed E-state index contributed by atoms with van der Waals surface area (Å²) in [6.45, 7) is 8.12. The Morgan fingerprint density at radius 1 is 1.26 bits per heavy atom. The summed E-state index contributed by atoms with van der Waals surface area (Å²) in [5, 5.41) is 6.44. The number of carbonyl (C=O) groups excluding carboxylic acids is 1. The molecule has 1 N–H and O–H groups in total. The van der Waals surface area contributed by atoms with Gasteiger partial charge in [0.2, 0.25) is 11.8 Å². The molecule has 1 amide bonds. The molecule has 5 rings (SSSR count). The van der Waals surface area contributed by atoms with Crippen LogP contribution in [0.15, 0.2) is 61.3 Å². The van der Waals surface area contributed by atoms with Crippen LogP contribution >= 0.6 is 11.6 Å². The zero-order chi connectivity index (χ0) is 23.7. The zero-order valence-corrected chi connectivity index (χ0v) is 20.0. The van der Waals surface area contributed by atoms with Gasteiger partial charge in [0, 0.05) is 35.1 Å². The van der Waals surface area contributed by atoms with Gasteiger partial charge in [0.05, 0.1) is 31.8 Å². The maximum Gasteiger partial charge on any atom is 0.246 e. The molecule has 0 saturated carbocycles. The maximum atomic E-state index is 12.2. The highest BCUT2D eigenvalue weighted by atomic mass is 35.5. The number of amides is 1. The molecule has 34 heavy (non-hydrogen) atoms. The Balaban J connectivity index is 1.48. The number of aromatic nitrogens is 1. The van der Waals surface area contributed by atoms with Crippen molar-refractivity contribution in [3.8, 4) is 5.88 Å². The van der Waals surface area contributed by atoms with Gasteiger partial charge in [0.15, 0.2) is 0 Å². The van der Waals surface area contributed by atoms with Crippen LogP contribution in [0.4, 0.5) is 5.69 Å². The van der Waals surface area contributed by atoms with Crippen molar-refractivity contribution in [2.24, 2.45) is 0 Å². The third-order valence-corrected chi connectivity index (χ3v) is 7.16. The highest BCUT2D eigenvalue weighted by Gasteiger charge is 2.47. The minimum Gasteiger partial charge on any atom is -0.474 e. The lowest BCUT2D eigenvalue weighted by Gasteiger charge is -2.51. The third kappa shape index (κ3) is 4.24. The van der Waals surface area contributed by atoms with Crippen LogP contribution in [-0.2, 0) is 15.1 Å². The second kappa shape index (κ2) is 9.28. The Morgan fingerprint density at radius 2 is 2.06 bits per heavy atom.